The van der Waals surface area contributed by atoms with Crippen molar-refractivity contribution in [3.05, 3.63) is 71.3 Å². The standard InChI is InChI=1S/C25H30N2O2/c28-18-25(14-19-6-2-1-3-7-19)15-22-10-11-23(25)27(22)24(29)17-26-13-12-20-8-4-5-9-21(20)16-26/h1-9,22-23,28H,10-18H2/t22-,23+,25-/m0/s1. The average Bonchev–Trinajstić information content (AvgIpc) is 3.31. The molecule has 0 spiro atoms. The fourth-order valence-electron chi connectivity index (χ4n) is 6.05. The summed E-state index contributed by atoms with van der Waals surface area (Å²) in [4.78, 5) is 17.8. The van der Waals surface area contributed by atoms with Gasteiger partial charge in [0, 0.05) is 30.6 Å². The van der Waals surface area contributed by atoms with Gasteiger partial charge in [0.05, 0.1) is 13.2 Å². The van der Waals surface area contributed by atoms with Crippen molar-refractivity contribution in [3.63, 3.8) is 0 Å². The zero-order chi connectivity index (χ0) is 19.8. The molecule has 2 aromatic rings. The molecule has 29 heavy (non-hydrogen) atoms. The summed E-state index contributed by atoms with van der Waals surface area (Å²) in [6.07, 6.45) is 4.90. The third kappa shape index (κ3) is 3.38. The van der Waals surface area contributed by atoms with Crippen molar-refractivity contribution in [1.82, 2.24) is 9.80 Å². The summed E-state index contributed by atoms with van der Waals surface area (Å²) in [6, 6.07) is 19.5. The van der Waals surface area contributed by atoms with Crippen LogP contribution in [0.1, 0.15) is 36.0 Å². The second-order valence-corrected chi connectivity index (χ2v) is 9.16. The van der Waals surface area contributed by atoms with Gasteiger partial charge in [-0.2, -0.15) is 0 Å². The Morgan fingerprint density at radius 3 is 2.59 bits per heavy atom. The zero-order valence-corrected chi connectivity index (χ0v) is 17.0. The second-order valence-electron chi connectivity index (χ2n) is 9.16. The molecule has 3 heterocycles. The number of rotatable bonds is 5. The Kier molecular flexibility index (Phi) is 4.92. The van der Waals surface area contributed by atoms with Crippen LogP contribution in [0.3, 0.4) is 0 Å². The van der Waals surface area contributed by atoms with Gasteiger partial charge in [0.25, 0.3) is 0 Å². The number of carbonyl (C=O) groups is 1. The minimum absolute atomic E-state index is 0.157. The maximum absolute atomic E-state index is 13.3. The van der Waals surface area contributed by atoms with E-state index in [9.17, 15) is 9.90 Å². The van der Waals surface area contributed by atoms with E-state index in [1.807, 2.05) is 6.07 Å². The fourth-order valence-corrected chi connectivity index (χ4v) is 6.05. The maximum Gasteiger partial charge on any atom is 0.237 e. The largest absolute Gasteiger partial charge is 0.396 e. The summed E-state index contributed by atoms with van der Waals surface area (Å²) in [7, 11) is 0. The van der Waals surface area contributed by atoms with Crippen LogP contribution in [0.5, 0.6) is 0 Å². The minimum atomic E-state index is -0.186. The first kappa shape index (κ1) is 18.8. The molecule has 0 radical (unpaired) electrons. The van der Waals surface area contributed by atoms with Crippen LogP contribution in [0.4, 0.5) is 0 Å². The Morgan fingerprint density at radius 1 is 1.03 bits per heavy atom. The number of aliphatic hydroxyl groups is 1. The molecule has 3 atom stereocenters. The number of fused-ring (bicyclic) bond motifs is 3. The smallest absolute Gasteiger partial charge is 0.237 e. The monoisotopic (exact) mass is 390 g/mol. The number of aliphatic hydroxyl groups excluding tert-OH is 1. The van der Waals surface area contributed by atoms with Gasteiger partial charge in [-0.15, -0.1) is 0 Å². The predicted molar refractivity (Wildman–Crippen MR) is 113 cm³/mol. The molecule has 3 aliphatic rings. The summed E-state index contributed by atoms with van der Waals surface area (Å²) in [5.41, 5.74) is 3.84. The Labute approximate surface area is 173 Å². The Hall–Kier alpha value is -2.17. The highest BCUT2D eigenvalue weighted by Gasteiger charge is 2.56. The van der Waals surface area contributed by atoms with E-state index >= 15 is 0 Å². The highest BCUT2D eigenvalue weighted by Crippen LogP contribution is 2.51. The SMILES string of the molecule is O=C(CN1CCc2ccccc2C1)N1[C@H]2CC[C@@H]1[C@@](CO)(Cc1ccccc1)C2. The van der Waals surface area contributed by atoms with Gasteiger partial charge in [0.2, 0.25) is 5.91 Å². The van der Waals surface area contributed by atoms with Gasteiger partial charge in [-0.1, -0.05) is 54.6 Å². The Bertz CT molecular complexity index is 883. The first-order valence-corrected chi connectivity index (χ1v) is 10.9. The molecular weight excluding hydrogens is 360 g/mol. The number of benzene rings is 2. The number of hydrogen-bond acceptors (Lipinski definition) is 3. The molecule has 4 heteroatoms. The highest BCUT2D eigenvalue weighted by atomic mass is 16.3. The van der Waals surface area contributed by atoms with Gasteiger partial charge in [-0.25, -0.2) is 0 Å². The molecule has 2 saturated heterocycles. The van der Waals surface area contributed by atoms with Gasteiger partial charge in [0.1, 0.15) is 0 Å². The first-order valence-electron chi connectivity index (χ1n) is 10.9. The molecule has 3 aliphatic heterocycles. The number of carbonyl (C=O) groups excluding carboxylic acids is 1. The van der Waals surface area contributed by atoms with Crippen molar-refractivity contribution in [1.29, 1.82) is 0 Å². The van der Waals surface area contributed by atoms with E-state index in [2.05, 4.69) is 58.3 Å². The zero-order valence-electron chi connectivity index (χ0n) is 17.0. The lowest BCUT2D eigenvalue weighted by Gasteiger charge is -2.36. The van der Waals surface area contributed by atoms with Crippen LogP contribution in [0.25, 0.3) is 0 Å². The van der Waals surface area contributed by atoms with E-state index in [4.69, 9.17) is 0 Å². The molecule has 0 aliphatic carbocycles. The molecule has 2 aromatic carbocycles. The van der Waals surface area contributed by atoms with Crippen molar-refractivity contribution in [2.24, 2.45) is 5.41 Å². The van der Waals surface area contributed by atoms with Gasteiger partial charge in [-0.05, 0) is 48.8 Å². The lowest BCUT2D eigenvalue weighted by Crippen LogP contribution is -2.47. The van der Waals surface area contributed by atoms with Crippen LogP contribution in [0.15, 0.2) is 54.6 Å². The van der Waals surface area contributed by atoms with E-state index in [-0.39, 0.29) is 24.0 Å². The maximum atomic E-state index is 13.3. The highest BCUT2D eigenvalue weighted by molar-refractivity contribution is 5.80. The molecule has 1 amide bonds. The molecule has 152 valence electrons. The Morgan fingerprint density at radius 2 is 1.79 bits per heavy atom. The average molecular weight is 391 g/mol. The summed E-state index contributed by atoms with van der Waals surface area (Å²) in [6.45, 7) is 2.46. The fraction of sp³-hybridized carbons (Fsp3) is 0.480. The van der Waals surface area contributed by atoms with Gasteiger partial charge in [0.15, 0.2) is 0 Å². The van der Waals surface area contributed by atoms with Crippen LogP contribution in [-0.4, -0.2) is 52.6 Å². The number of nitrogens with zero attached hydrogens (tertiary/aromatic N) is 2. The van der Waals surface area contributed by atoms with Crippen LogP contribution < -0.4 is 0 Å². The van der Waals surface area contributed by atoms with E-state index in [1.54, 1.807) is 0 Å². The molecular formula is C25H30N2O2. The minimum Gasteiger partial charge on any atom is -0.396 e. The number of amides is 1. The number of hydrogen-bond donors (Lipinski definition) is 1. The normalized spacial score (nSPS) is 28.5. The van der Waals surface area contributed by atoms with Crippen molar-refractivity contribution in [3.8, 4) is 0 Å². The van der Waals surface area contributed by atoms with E-state index in [1.165, 1.54) is 16.7 Å². The summed E-state index contributed by atoms with van der Waals surface area (Å²) < 4.78 is 0. The molecule has 1 N–H and O–H groups in total. The van der Waals surface area contributed by atoms with E-state index < -0.39 is 0 Å². The third-order valence-electron chi connectivity index (χ3n) is 7.42. The molecule has 2 fully saturated rings. The summed E-state index contributed by atoms with van der Waals surface area (Å²) >= 11 is 0. The van der Waals surface area contributed by atoms with Gasteiger partial charge < -0.3 is 10.0 Å². The van der Waals surface area contributed by atoms with Gasteiger partial charge >= 0.3 is 0 Å². The molecule has 0 saturated carbocycles. The summed E-state index contributed by atoms with van der Waals surface area (Å²) in [5, 5.41) is 10.4. The molecule has 4 nitrogen and oxygen atoms in total. The van der Waals surface area contributed by atoms with Gasteiger partial charge in [-0.3, -0.25) is 9.69 Å². The van der Waals surface area contributed by atoms with Crippen LogP contribution in [0.2, 0.25) is 0 Å². The lowest BCUT2D eigenvalue weighted by molar-refractivity contribution is -0.134. The lowest BCUT2D eigenvalue weighted by atomic mass is 9.70. The first-order chi connectivity index (χ1) is 14.2. The van der Waals surface area contributed by atoms with Crippen LogP contribution >= 0.6 is 0 Å². The third-order valence-corrected chi connectivity index (χ3v) is 7.42. The van der Waals surface area contributed by atoms with Crippen LogP contribution in [-0.2, 0) is 24.2 Å². The van der Waals surface area contributed by atoms with E-state index in [0.717, 1.165) is 45.2 Å². The Balaban J connectivity index is 1.30. The predicted octanol–water partition coefficient (Wildman–Crippen LogP) is 3.03. The molecule has 0 unspecified atom stereocenters. The van der Waals surface area contributed by atoms with Crippen LogP contribution in [0, 0.1) is 5.41 Å². The summed E-state index contributed by atoms with van der Waals surface area (Å²) in [5.74, 6) is 0.250. The molecule has 0 aromatic heterocycles. The van der Waals surface area contributed by atoms with Crippen molar-refractivity contribution >= 4 is 5.91 Å². The van der Waals surface area contributed by atoms with E-state index in [0.29, 0.717) is 12.6 Å². The van der Waals surface area contributed by atoms with Crippen molar-refractivity contribution < 1.29 is 9.90 Å². The molecule has 5 rings (SSSR count). The quantitative estimate of drug-likeness (QED) is 0.854. The second kappa shape index (κ2) is 7.58. The molecule has 2 bridgehead atoms. The topological polar surface area (TPSA) is 43.8 Å². The van der Waals surface area contributed by atoms with Crippen molar-refractivity contribution in [2.75, 3.05) is 19.7 Å². The van der Waals surface area contributed by atoms with Crippen molar-refractivity contribution in [2.45, 2.75) is 50.7 Å².